The third kappa shape index (κ3) is 5.04. The van der Waals surface area contributed by atoms with Gasteiger partial charge in [0, 0.05) is 18.5 Å². The average molecular weight is 508 g/mol. The maximum Gasteiger partial charge on any atom is 0.265 e. The topological polar surface area (TPSA) is 124 Å². The van der Waals surface area contributed by atoms with Crippen LogP contribution in [0.5, 0.6) is 17.2 Å². The van der Waals surface area contributed by atoms with E-state index in [1.54, 1.807) is 22.8 Å². The van der Waals surface area contributed by atoms with E-state index in [1.165, 1.54) is 18.2 Å². The number of nitrogens with zero attached hydrogens (tertiary/aromatic N) is 2. The van der Waals surface area contributed by atoms with Crippen LogP contribution in [0.25, 0.3) is 10.8 Å². The standard InChI is InChI=1S/C28H33N3O6/c1-4-5-12-37-25-21-14-18(9-10-19(21)26(33)31(16-17(2)3)22(25)15-29)36-13-11-30-27(34)20-7-6-8-23(32)24(20)28(30)35/h6-10,14,17,32H,4-5,11-13,15-16,29H2,1-3H3. The van der Waals surface area contributed by atoms with Crippen LogP contribution in [0.3, 0.4) is 0 Å². The normalized spacial score (nSPS) is 13.1. The van der Waals surface area contributed by atoms with E-state index in [2.05, 4.69) is 6.92 Å². The van der Waals surface area contributed by atoms with Crippen LogP contribution < -0.4 is 20.8 Å². The van der Waals surface area contributed by atoms with Crippen LogP contribution in [0, 0.1) is 5.92 Å². The number of nitrogens with two attached hydrogens (primary N) is 1. The van der Waals surface area contributed by atoms with Crippen molar-refractivity contribution in [1.82, 2.24) is 9.47 Å². The maximum atomic E-state index is 13.3. The molecule has 3 aromatic rings. The second kappa shape index (κ2) is 11.0. The van der Waals surface area contributed by atoms with Crippen LogP contribution in [0.15, 0.2) is 41.2 Å². The Balaban J connectivity index is 1.61. The van der Waals surface area contributed by atoms with Crippen molar-refractivity contribution in [2.45, 2.75) is 46.7 Å². The molecule has 9 nitrogen and oxygen atoms in total. The first-order valence-corrected chi connectivity index (χ1v) is 12.6. The van der Waals surface area contributed by atoms with Crippen molar-refractivity contribution in [1.29, 1.82) is 0 Å². The van der Waals surface area contributed by atoms with Crippen molar-refractivity contribution < 1.29 is 24.2 Å². The highest BCUT2D eigenvalue weighted by Gasteiger charge is 2.37. The summed E-state index contributed by atoms with van der Waals surface area (Å²) in [6.45, 7) is 7.38. The Hall–Kier alpha value is -3.85. The number of carbonyl (C=O) groups excluding carboxylic acids is 2. The van der Waals surface area contributed by atoms with Crippen molar-refractivity contribution >= 4 is 22.6 Å². The Morgan fingerprint density at radius 2 is 1.78 bits per heavy atom. The minimum absolute atomic E-state index is 0.00765. The Morgan fingerprint density at radius 3 is 2.46 bits per heavy atom. The fourth-order valence-corrected chi connectivity index (χ4v) is 4.55. The summed E-state index contributed by atoms with van der Waals surface area (Å²) in [4.78, 5) is 39.7. The largest absolute Gasteiger partial charge is 0.507 e. The van der Waals surface area contributed by atoms with Crippen LogP contribution in [0.2, 0.25) is 0 Å². The molecule has 0 aliphatic carbocycles. The lowest BCUT2D eigenvalue weighted by atomic mass is 10.1. The fraction of sp³-hybridized carbons (Fsp3) is 0.393. The summed E-state index contributed by atoms with van der Waals surface area (Å²) in [7, 11) is 0. The van der Waals surface area contributed by atoms with E-state index in [0.717, 1.165) is 17.7 Å². The molecule has 0 spiro atoms. The van der Waals surface area contributed by atoms with Crippen LogP contribution >= 0.6 is 0 Å². The molecule has 0 saturated heterocycles. The number of imide groups is 1. The first kappa shape index (κ1) is 26.2. The first-order chi connectivity index (χ1) is 17.8. The number of hydrogen-bond acceptors (Lipinski definition) is 7. The number of ether oxygens (including phenoxy) is 2. The number of rotatable bonds is 11. The highest BCUT2D eigenvalue weighted by molar-refractivity contribution is 6.22. The molecule has 0 saturated carbocycles. The number of aromatic nitrogens is 1. The zero-order valence-electron chi connectivity index (χ0n) is 21.5. The van der Waals surface area contributed by atoms with E-state index < -0.39 is 11.8 Å². The maximum absolute atomic E-state index is 13.3. The minimum Gasteiger partial charge on any atom is -0.507 e. The van der Waals surface area contributed by atoms with Crippen LogP contribution in [-0.4, -0.2) is 46.1 Å². The SMILES string of the molecule is CCCCOc1c(CN)n(CC(C)C)c(=O)c2ccc(OCCN3C(=O)c4cccc(O)c4C3=O)cc12. The average Bonchev–Trinajstić information content (AvgIpc) is 3.12. The zero-order chi connectivity index (χ0) is 26.7. The molecule has 2 amide bonds. The monoisotopic (exact) mass is 507 g/mol. The van der Waals surface area contributed by atoms with E-state index in [4.69, 9.17) is 15.2 Å². The summed E-state index contributed by atoms with van der Waals surface area (Å²) in [5, 5.41) is 11.1. The lowest BCUT2D eigenvalue weighted by Gasteiger charge is -2.21. The smallest absolute Gasteiger partial charge is 0.265 e. The van der Waals surface area contributed by atoms with Crippen molar-refractivity contribution in [3.05, 3.63) is 63.6 Å². The van der Waals surface area contributed by atoms with Crippen molar-refractivity contribution in [2.75, 3.05) is 19.8 Å². The molecule has 0 unspecified atom stereocenters. The van der Waals surface area contributed by atoms with Gasteiger partial charge in [-0.05, 0) is 42.7 Å². The molecule has 3 N–H and O–H groups in total. The molecule has 1 aromatic heterocycles. The van der Waals surface area contributed by atoms with E-state index in [9.17, 15) is 19.5 Å². The molecule has 9 heteroatoms. The van der Waals surface area contributed by atoms with Gasteiger partial charge in [0.05, 0.1) is 35.4 Å². The van der Waals surface area contributed by atoms with E-state index in [0.29, 0.717) is 41.1 Å². The minimum atomic E-state index is -0.551. The number of benzene rings is 2. The van der Waals surface area contributed by atoms with Gasteiger partial charge >= 0.3 is 0 Å². The van der Waals surface area contributed by atoms with Gasteiger partial charge in [0.1, 0.15) is 23.9 Å². The van der Waals surface area contributed by atoms with Crippen LogP contribution in [-0.2, 0) is 13.1 Å². The Kier molecular flexibility index (Phi) is 7.83. The summed E-state index contributed by atoms with van der Waals surface area (Å²) < 4.78 is 13.7. The van der Waals surface area contributed by atoms with Gasteiger partial charge in [-0.15, -0.1) is 0 Å². The Bertz CT molecular complexity index is 1390. The number of pyridine rings is 1. The number of phenols is 1. The molecule has 0 atom stereocenters. The highest BCUT2D eigenvalue weighted by Crippen LogP contribution is 2.32. The summed E-state index contributed by atoms with van der Waals surface area (Å²) in [6, 6.07) is 9.56. The third-order valence-electron chi connectivity index (χ3n) is 6.35. The second-order valence-electron chi connectivity index (χ2n) is 9.51. The molecular weight excluding hydrogens is 474 g/mol. The highest BCUT2D eigenvalue weighted by atomic mass is 16.5. The molecule has 0 bridgehead atoms. The summed E-state index contributed by atoms with van der Waals surface area (Å²) in [5.41, 5.74) is 6.79. The molecule has 1 aliphatic heterocycles. The van der Waals surface area contributed by atoms with E-state index >= 15 is 0 Å². The number of hydrogen-bond donors (Lipinski definition) is 2. The van der Waals surface area contributed by atoms with Crippen molar-refractivity contribution in [2.24, 2.45) is 11.7 Å². The van der Waals surface area contributed by atoms with Crippen molar-refractivity contribution in [3.63, 3.8) is 0 Å². The molecule has 4 rings (SSSR count). The molecule has 37 heavy (non-hydrogen) atoms. The zero-order valence-corrected chi connectivity index (χ0v) is 21.5. The number of carbonyl (C=O) groups is 2. The third-order valence-corrected chi connectivity index (χ3v) is 6.35. The summed E-state index contributed by atoms with van der Waals surface area (Å²) in [5.74, 6) is 0.0515. The van der Waals surface area contributed by atoms with Crippen molar-refractivity contribution in [3.8, 4) is 17.2 Å². The number of fused-ring (bicyclic) bond motifs is 2. The summed E-state index contributed by atoms with van der Waals surface area (Å²) >= 11 is 0. The van der Waals surface area contributed by atoms with Gasteiger partial charge in [0.15, 0.2) is 0 Å². The summed E-state index contributed by atoms with van der Waals surface area (Å²) in [6.07, 6.45) is 1.83. The number of aromatic hydroxyl groups is 1. The molecule has 2 aromatic carbocycles. The predicted octanol–water partition coefficient (Wildman–Crippen LogP) is 3.68. The van der Waals surface area contributed by atoms with Gasteiger partial charge in [0.25, 0.3) is 17.4 Å². The number of unbranched alkanes of at least 4 members (excludes halogenated alkanes) is 1. The quantitative estimate of drug-likeness (QED) is 0.300. The van der Waals surface area contributed by atoms with Gasteiger partial charge in [-0.3, -0.25) is 19.3 Å². The number of phenolic OH excluding ortho intramolecular Hbond substituents is 1. The first-order valence-electron chi connectivity index (χ1n) is 12.6. The lowest BCUT2D eigenvalue weighted by Crippen LogP contribution is -2.33. The molecule has 1 aliphatic rings. The Morgan fingerprint density at radius 1 is 1.00 bits per heavy atom. The van der Waals surface area contributed by atoms with E-state index in [-0.39, 0.29) is 48.0 Å². The molecular formula is C28H33N3O6. The fourth-order valence-electron chi connectivity index (χ4n) is 4.55. The van der Waals surface area contributed by atoms with Gasteiger partial charge in [-0.2, -0.15) is 0 Å². The van der Waals surface area contributed by atoms with Gasteiger partial charge in [-0.1, -0.05) is 33.3 Å². The number of amides is 2. The lowest BCUT2D eigenvalue weighted by molar-refractivity contribution is 0.0630. The van der Waals surface area contributed by atoms with E-state index in [1.807, 2.05) is 13.8 Å². The predicted molar refractivity (Wildman–Crippen MR) is 140 cm³/mol. The van der Waals surface area contributed by atoms with Gasteiger partial charge < -0.3 is 24.9 Å². The molecule has 0 fully saturated rings. The van der Waals surface area contributed by atoms with Gasteiger partial charge in [-0.25, -0.2) is 0 Å². The van der Waals surface area contributed by atoms with Crippen LogP contribution in [0.1, 0.15) is 60.0 Å². The van der Waals surface area contributed by atoms with Crippen LogP contribution in [0.4, 0.5) is 0 Å². The Labute approximate surface area is 215 Å². The molecule has 2 heterocycles. The molecule has 0 radical (unpaired) electrons. The van der Waals surface area contributed by atoms with Gasteiger partial charge in [0.2, 0.25) is 0 Å². The molecule has 196 valence electrons. The second-order valence-corrected chi connectivity index (χ2v) is 9.51.